The molecule has 1 nitrogen and oxygen atoms in total. The van der Waals surface area contributed by atoms with Crippen molar-refractivity contribution in [2.75, 3.05) is 12.4 Å². The molecule has 0 unspecified atom stereocenters. The molecule has 2 aromatic rings. The Morgan fingerprint density at radius 2 is 1.27 bits per heavy atom. The highest BCUT2D eigenvalue weighted by Crippen LogP contribution is 2.21. The zero-order chi connectivity index (χ0) is 10.7. The standard InChI is InChI=1S/C13H12FN/c1-15-13-8-4-11(5-9-13)10-2-6-12(14)7-3-10/h2-9,15H,1H3. The fourth-order valence-electron chi connectivity index (χ4n) is 1.47. The van der Waals surface area contributed by atoms with Gasteiger partial charge in [-0.2, -0.15) is 0 Å². The van der Waals surface area contributed by atoms with E-state index in [1.807, 2.05) is 31.3 Å². The molecule has 0 fully saturated rings. The second-order valence-corrected chi connectivity index (χ2v) is 3.33. The Bertz CT molecular complexity index is 431. The van der Waals surface area contributed by atoms with Crippen LogP contribution in [0.25, 0.3) is 11.1 Å². The molecule has 0 bridgehead atoms. The molecule has 0 aromatic heterocycles. The van der Waals surface area contributed by atoms with Crippen LogP contribution in [0.3, 0.4) is 0 Å². The molecule has 0 amide bonds. The first-order chi connectivity index (χ1) is 7.29. The van der Waals surface area contributed by atoms with Crippen LogP contribution in [0.2, 0.25) is 0 Å². The van der Waals surface area contributed by atoms with Crippen molar-refractivity contribution in [2.24, 2.45) is 0 Å². The van der Waals surface area contributed by atoms with Crippen LogP contribution >= 0.6 is 0 Å². The van der Waals surface area contributed by atoms with Gasteiger partial charge in [0.15, 0.2) is 0 Å². The second kappa shape index (κ2) is 4.13. The number of halogens is 1. The molecule has 0 saturated heterocycles. The maximum absolute atomic E-state index is 12.7. The molecule has 0 atom stereocenters. The fourth-order valence-corrected chi connectivity index (χ4v) is 1.47. The van der Waals surface area contributed by atoms with E-state index in [4.69, 9.17) is 0 Å². The van der Waals surface area contributed by atoms with Gasteiger partial charge < -0.3 is 5.32 Å². The highest BCUT2D eigenvalue weighted by atomic mass is 19.1. The van der Waals surface area contributed by atoms with Crippen molar-refractivity contribution in [1.29, 1.82) is 0 Å². The van der Waals surface area contributed by atoms with E-state index < -0.39 is 0 Å². The van der Waals surface area contributed by atoms with Crippen LogP contribution in [0.15, 0.2) is 48.5 Å². The van der Waals surface area contributed by atoms with E-state index in [2.05, 4.69) is 5.32 Å². The first-order valence-electron chi connectivity index (χ1n) is 4.83. The maximum Gasteiger partial charge on any atom is 0.123 e. The number of hydrogen-bond donors (Lipinski definition) is 1. The minimum absolute atomic E-state index is 0.203. The van der Waals surface area contributed by atoms with Gasteiger partial charge in [0.05, 0.1) is 0 Å². The maximum atomic E-state index is 12.7. The van der Waals surface area contributed by atoms with Gasteiger partial charge in [0.1, 0.15) is 5.82 Å². The SMILES string of the molecule is CNc1ccc(-c2ccc(F)cc2)cc1. The van der Waals surface area contributed by atoms with E-state index in [9.17, 15) is 4.39 Å². The van der Waals surface area contributed by atoms with Crippen molar-refractivity contribution in [3.8, 4) is 11.1 Å². The molecule has 0 radical (unpaired) electrons. The molecule has 0 saturated carbocycles. The van der Waals surface area contributed by atoms with Gasteiger partial charge >= 0.3 is 0 Å². The van der Waals surface area contributed by atoms with Gasteiger partial charge in [0, 0.05) is 12.7 Å². The molecule has 0 aliphatic rings. The predicted molar refractivity (Wildman–Crippen MR) is 61.4 cm³/mol. The van der Waals surface area contributed by atoms with Crippen molar-refractivity contribution in [3.63, 3.8) is 0 Å². The number of anilines is 1. The predicted octanol–water partition coefficient (Wildman–Crippen LogP) is 3.53. The largest absolute Gasteiger partial charge is 0.388 e. The molecule has 2 rings (SSSR count). The van der Waals surface area contributed by atoms with Gasteiger partial charge in [-0.05, 0) is 35.4 Å². The van der Waals surface area contributed by atoms with E-state index in [1.165, 1.54) is 12.1 Å². The van der Waals surface area contributed by atoms with Crippen molar-refractivity contribution in [2.45, 2.75) is 0 Å². The minimum atomic E-state index is -0.203. The van der Waals surface area contributed by atoms with E-state index in [0.29, 0.717) is 0 Å². The summed E-state index contributed by atoms with van der Waals surface area (Å²) in [6, 6.07) is 14.5. The van der Waals surface area contributed by atoms with Crippen molar-refractivity contribution in [3.05, 3.63) is 54.3 Å². The number of benzene rings is 2. The Balaban J connectivity index is 2.33. The van der Waals surface area contributed by atoms with Gasteiger partial charge in [-0.25, -0.2) is 4.39 Å². The average Bonchev–Trinajstić information content (AvgIpc) is 2.30. The lowest BCUT2D eigenvalue weighted by molar-refractivity contribution is 0.628. The Labute approximate surface area is 88.6 Å². The topological polar surface area (TPSA) is 12.0 Å². The van der Waals surface area contributed by atoms with Crippen molar-refractivity contribution >= 4 is 5.69 Å². The normalized spacial score (nSPS) is 10.0. The van der Waals surface area contributed by atoms with Crippen LogP contribution in [0.4, 0.5) is 10.1 Å². The molecule has 0 spiro atoms. The van der Waals surface area contributed by atoms with E-state index in [1.54, 1.807) is 12.1 Å². The molecule has 2 heteroatoms. The third-order valence-electron chi connectivity index (χ3n) is 2.35. The molecule has 0 aliphatic heterocycles. The zero-order valence-electron chi connectivity index (χ0n) is 8.50. The lowest BCUT2D eigenvalue weighted by atomic mass is 10.1. The summed E-state index contributed by atoms with van der Waals surface area (Å²) in [6.07, 6.45) is 0. The van der Waals surface area contributed by atoms with Gasteiger partial charge in [-0.15, -0.1) is 0 Å². The number of nitrogens with one attached hydrogen (secondary N) is 1. The van der Waals surface area contributed by atoms with Crippen LogP contribution < -0.4 is 5.32 Å². The Morgan fingerprint density at radius 3 is 1.73 bits per heavy atom. The third-order valence-corrected chi connectivity index (χ3v) is 2.35. The molecule has 15 heavy (non-hydrogen) atoms. The first kappa shape index (κ1) is 9.71. The minimum Gasteiger partial charge on any atom is -0.388 e. The fraction of sp³-hybridized carbons (Fsp3) is 0.0769. The summed E-state index contributed by atoms with van der Waals surface area (Å²) in [4.78, 5) is 0. The number of rotatable bonds is 2. The first-order valence-corrected chi connectivity index (χ1v) is 4.83. The van der Waals surface area contributed by atoms with E-state index >= 15 is 0 Å². The molecular weight excluding hydrogens is 189 g/mol. The Morgan fingerprint density at radius 1 is 0.800 bits per heavy atom. The molecule has 76 valence electrons. The van der Waals surface area contributed by atoms with E-state index in [-0.39, 0.29) is 5.82 Å². The van der Waals surface area contributed by atoms with Crippen LogP contribution in [-0.4, -0.2) is 7.05 Å². The summed E-state index contributed by atoms with van der Waals surface area (Å²) < 4.78 is 12.7. The zero-order valence-corrected chi connectivity index (χ0v) is 8.50. The van der Waals surface area contributed by atoms with Gasteiger partial charge in [0.25, 0.3) is 0 Å². The quantitative estimate of drug-likeness (QED) is 0.783. The molecule has 0 heterocycles. The van der Waals surface area contributed by atoms with Crippen LogP contribution in [0.5, 0.6) is 0 Å². The van der Waals surface area contributed by atoms with Crippen molar-refractivity contribution in [1.82, 2.24) is 0 Å². The van der Waals surface area contributed by atoms with Gasteiger partial charge in [-0.3, -0.25) is 0 Å². The summed E-state index contributed by atoms with van der Waals surface area (Å²) in [5.74, 6) is -0.203. The highest BCUT2D eigenvalue weighted by Gasteiger charge is 1.97. The van der Waals surface area contributed by atoms with Gasteiger partial charge in [-0.1, -0.05) is 24.3 Å². The van der Waals surface area contributed by atoms with Crippen LogP contribution in [-0.2, 0) is 0 Å². The van der Waals surface area contributed by atoms with Crippen molar-refractivity contribution < 1.29 is 4.39 Å². The summed E-state index contributed by atoms with van der Waals surface area (Å²) in [7, 11) is 1.88. The smallest absolute Gasteiger partial charge is 0.123 e. The van der Waals surface area contributed by atoms with Gasteiger partial charge in [0.2, 0.25) is 0 Å². The lowest BCUT2D eigenvalue weighted by Gasteiger charge is -2.03. The summed E-state index contributed by atoms with van der Waals surface area (Å²) in [5.41, 5.74) is 3.19. The molecule has 2 aromatic carbocycles. The second-order valence-electron chi connectivity index (χ2n) is 3.33. The molecule has 0 aliphatic carbocycles. The number of hydrogen-bond acceptors (Lipinski definition) is 1. The van der Waals surface area contributed by atoms with Crippen LogP contribution in [0.1, 0.15) is 0 Å². The van der Waals surface area contributed by atoms with Crippen LogP contribution in [0, 0.1) is 5.82 Å². The highest BCUT2D eigenvalue weighted by molar-refractivity contribution is 5.65. The summed E-state index contributed by atoms with van der Waals surface area (Å²) >= 11 is 0. The summed E-state index contributed by atoms with van der Waals surface area (Å²) in [5, 5.41) is 3.05. The monoisotopic (exact) mass is 201 g/mol. The Hall–Kier alpha value is -1.83. The average molecular weight is 201 g/mol. The lowest BCUT2D eigenvalue weighted by Crippen LogP contribution is -1.86. The Kier molecular flexibility index (Phi) is 2.68. The third kappa shape index (κ3) is 2.15. The summed E-state index contributed by atoms with van der Waals surface area (Å²) in [6.45, 7) is 0. The molecular formula is C13H12FN. The molecule has 1 N–H and O–H groups in total. The van der Waals surface area contributed by atoms with E-state index in [0.717, 1.165) is 16.8 Å².